The van der Waals surface area contributed by atoms with Crippen molar-refractivity contribution in [1.29, 1.82) is 0 Å². The molecular formula is C16H32BrNaO2. The fraction of sp³-hybridized carbons (Fsp3) is 0.938. The molecule has 0 heterocycles. The molecule has 0 spiro atoms. The van der Waals surface area contributed by atoms with Crippen molar-refractivity contribution in [2.45, 2.75) is 95.2 Å². The summed E-state index contributed by atoms with van der Waals surface area (Å²) >= 11 is 3.17. The van der Waals surface area contributed by atoms with Gasteiger partial charge in [0.2, 0.25) is 0 Å². The molecule has 116 valence electrons. The molecule has 20 heavy (non-hydrogen) atoms. The van der Waals surface area contributed by atoms with Gasteiger partial charge in [0.25, 0.3) is 0 Å². The molecule has 1 unspecified atom stereocenters. The van der Waals surface area contributed by atoms with E-state index < -0.39 is 5.97 Å². The van der Waals surface area contributed by atoms with Gasteiger partial charge in [0.05, 0.1) is 0 Å². The molecule has 0 aliphatic rings. The fourth-order valence-electron chi connectivity index (χ4n) is 2.29. The number of unbranched alkanes of at least 4 members (excludes halogenated alkanes) is 11. The third kappa shape index (κ3) is 17.0. The molecule has 0 bridgehead atoms. The topological polar surface area (TPSA) is 37.3 Å². The molecule has 0 aliphatic carbocycles. The summed E-state index contributed by atoms with van der Waals surface area (Å²) in [6.45, 7) is 2.26. The Balaban J connectivity index is 0. The summed E-state index contributed by atoms with van der Waals surface area (Å²) in [4.78, 5) is 10.2. The Kier molecular flexibility index (Phi) is 20.9. The van der Waals surface area contributed by atoms with Crippen LogP contribution in [0.1, 0.15) is 90.4 Å². The van der Waals surface area contributed by atoms with Crippen molar-refractivity contribution in [3.63, 3.8) is 0 Å². The molecule has 0 saturated carbocycles. The standard InChI is InChI=1S/C16H31BrO2.Na.H/c1-2-3-4-5-6-7-8-9-10-11-12-13-14-15(17)16(18)19;;/h15H,2-14H2,1H3,(H,18,19);;. The molecule has 0 saturated heterocycles. The monoisotopic (exact) mass is 358 g/mol. The Bertz CT molecular complexity index is 213. The van der Waals surface area contributed by atoms with Crippen LogP contribution in [0.4, 0.5) is 0 Å². The molecule has 0 aromatic rings. The van der Waals surface area contributed by atoms with Gasteiger partial charge < -0.3 is 5.11 Å². The molecule has 1 N–H and O–H groups in total. The number of hydrogen-bond donors (Lipinski definition) is 1. The molecule has 0 rings (SSSR count). The van der Waals surface area contributed by atoms with E-state index in [9.17, 15) is 4.79 Å². The third-order valence-electron chi connectivity index (χ3n) is 3.58. The van der Waals surface area contributed by atoms with Gasteiger partial charge in [-0.1, -0.05) is 99.9 Å². The summed E-state index contributed by atoms with van der Waals surface area (Å²) in [6, 6.07) is 0. The Labute approximate surface area is 155 Å². The summed E-state index contributed by atoms with van der Waals surface area (Å²) in [5.74, 6) is -0.733. The molecule has 4 heteroatoms. The average Bonchev–Trinajstić information content (AvgIpc) is 2.39. The second kappa shape index (κ2) is 18.0. The van der Waals surface area contributed by atoms with Crippen molar-refractivity contribution in [2.75, 3.05) is 0 Å². The Morgan fingerprint density at radius 2 is 1.20 bits per heavy atom. The molecule has 0 fully saturated rings. The average molecular weight is 359 g/mol. The molecule has 1 atom stereocenters. The minimum atomic E-state index is -0.733. The van der Waals surface area contributed by atoms with Gasteiger partial charge in [0.15, 0.2) is 0 Å². The summed E-state index contributed by atoms with van der Waals surface area (Å²) in [5.41, 5.74) is 0. The summed E-state index contributed by atoms with van der Waals surface area (Å²) in [6.07, 6.45) is 16.6. The van der Waals surface area contributed by atoms with Crippen LogP contribution in [0.2, 0.25) is 0 Å². The molecule has 0 amide bonds. The van der Waals surface area contributed by atoms with E-state index in [1.807, 2.05) is 0 Å². The van der Waals surface area contributed by atoms with E-state index in [0.29, 0.717) is 0 Å². The van der Waals surface area contributed by atoms with Crippen LogP contribution in [0.25, 0.3) is 0 Å². The SMILES string of the molecule is CCCCCCCCCCCCCCC(Br)C(=O)O.[NaH]. The van der Waals surface area contributed by atoms with Crippen molar-refractivity contribution >= 4 is 51.5 Å². The zero-order valence-corrected chi connectivity index (χ0v) is 14.1. The Morgan fingerprint density at radius 1 is 0.850 bits per heavy atom. The van der Waals surface area contributed by atoms with Crippen molar-refractivity contribution in [1.82, 2.24) is 0 Å². The van der Waals surface area contributed by atoms with Crippen LogP contribution in [-0.4, -0.2) is 45.5 Å². The van der Waals surface area contributed by atoms with Gasteiger partial charge in [-0.25, -0.2) is 0 Å². The second-order valence-electron chi connectivity index (χ2n) is 5.48. The van der Waals surface area contributed by atoms with Gasteiger partial charge in [-0.3, -0.25) is 4.79 Å². The van der Waals surface area contributed by atoms with Crippen LogP contribution < -0.4 is 0 Å². The molecule has 0 aromatic carbocycles. The first-order valence-electron chi connectivity index (χ1n) is 8.05. The van der Waals surface area contributed by atoms with E-state index in [4.69, 9.17) is 5.11 Å². The number of alkyl halides is 1. The van der Waals surface area contributed by atoms with Gasteiger partial charge in [0, 0.05) is 0 Å². The molecule has 0 aromatic heterocycles. The van der Waals surface area contributed by atoms with Crippen LogP contribution in [0.15, 0.2) is 0 Å². The minimum absolute atomic E-state index is 0. The van der Waals surface area contributed by atoms with E-state index in [2.05, 4.69) is 22.9 Å². The number of hydrogen-bond acceptors (Lipinski definition) is 1. The number of halogens is 1. The zero-order chi connectivity index (χ0) is 14.3. The van der Waals surface area contributed by atoms with Crippen molar-refractivity contribution in [3.8, 4) is 0 Å². The number of aliphatic carboxylic acids is 1. The van der Waals surface area contributed by atoms with Crippen LogP contribution in [-0.2, 0) is 4.79 Å². The van der Waals surface area contributed by atoms with Crippen molar-refractivity contribution in [3.05, 3.63) is 0 Å². The van der Waals surface area contributed by atoms with Gasteiger partial charge in [-0.2, -0.15) is 0 Å². The van der Waals surface area contributed by atoms with Gasteiger partial charge >= 0.3 is 35.5 Å². The van der Waals surface area contributed by atoms with Crippen LogP contribution in [0.3, 0.4) is 0 Å². The first kappa shape index (κ1) is 23.2. The van der Waals surface area contributed by atoms with Crippen LogP contribution >= 0.6 is 15.9 Å². The molecular weight excluding hydrogens is 327 g/mol. The normalized spacial score (nSPS) is 11.9. The summed E-state index contributed by atoms with van der Waals surface area (Å²) in [7, 11) is 0. The van der Waals surface area contributed by atoms with E-state index in [0.717, 1.165) is 12.8 Å². The predicted molar refractivity (Wildman–Crippen MR) is 93.2 cm³/mol. The molecule has 0 aliphatic heterocycles. The van der Waals surface area contributed by atoms with E-state index in [1.165, 1.54) is 70.6 Å². The summed E-state index contributed by atoms with van der Waals surface area (Å²) < 4.78 is 0. The van der Waals surface area contributed by atoms with Crippen LogP contribution in [0.5, 0.6) is 0 Å². The van der Waals surface area contributed by atoms with Gasteiger partial charge in [-0.15, -0.1) is 0 Å². The third-order valence-corrected chi connectivity index (χ3v) is 4.43. The van der Waals surface area contributed by atoms with E-state index >= 15 is 0 Å². The van der Waals surface area contributed by atoms with Crippen molar-refractivity contribution < 1.29 is 9.90 Å². The number of rotatable bonds is 14. The van der Waals surface area contributed by atoms with Gasteiger partial charge in [-0.05, 0) is 6.42 Å². The maximum absolute atomic E-state index is 10.6. The van der Waals surface area contributed by atoms with Gasteiger partial charge in [0.1, 0.15) is 4.83 Å². The predicted octanol–water partition coefficient (Wildman–Crippen LogP) is 5.28. The Morgan fingerprint density at radius 3 is 1.55 bits per heavy atom. The Hall–Kier alpha value is 0.950. The second-order valence-corrected chi connectivity index (χ2v) is 6.59. The number of carboxylic acids is 1. The van der Waals surface area contributed by atoms with E-state index in [1.54, 1.807) is 0 Å². The number of carbonyl (C=O) groups is 1. The quantitative estimate of drug-likeness (QED) is 0.260. The van der Waals surface area contributed by atoms with Crippen LogP contribution in [0, 0.1) is 0 Å². The number of carboxylic acid groups (broad SMARTS) is 1. The molecule has 2 nitrogen and oxygen atoms in total. The zero-order valence-electron chi connectivity index (χ0n) is 12.5. The first-order chi connectivity index (χ1) is 9.18. The van der Waals surface area contributed by atoms with E-state index in [-0.39, 0.29) is 34.4 Å². The first-order valence-corrected chi connectivity index (χ1v) is 8.97. The maximum atomic E-state index is 10.6. The fourth-order valence-corrected chi connectivity index (χ4v) is 2.61. The summed E-state index contributed by atoms with van der Waals surface area (Å²) in [5, 5.41) is 8.71. The molecule has 0 radical (unpaired) electrons. The van der Waals surface area contributed by atoms with Crippen molar-refractivity contribution in [2.24, 2.45) is 0 Å².